The Hall–Kier alpha value is -7.55. The van der Waals surface area contributed by atoms with E-state index >= 15 is 0 Å². The van der Waals surface area contributed by atoms with Gasteiger partial charge in [-0.15, -0.1) is 0 Å². The lowest BCUT2D eigenvalue weighted by atomic mass is 9.70. The molecule has 9 aromatic carbocycles. The fourth-order valence-corrected chi connectivity index (χ4v) is 12.1. The summed E-state index contributed by atoms with van der Waals surface area (Å²) >= 11 is 0. The second-order valence-corrected chi connectivity index (χ2v) is 17.8. The van der Waals surface area contributed by atoms with Gasteiger partial charge in [0.25, 0.3) is 0 Å². The van der Waals surface area contributed by atoms with Gasteiger partial charge in [0.1, 0.15) is 0 Å². The van der Waals surface area contributed by atoms with Crippen LogP contribution >= 0.6 is 0 Å². The molecule has 2 heteroatoms. The summed E-state index contributed by atoms with van der Waals surface area (Å²) in [7, 11) is 0. The molecule has 61 heavy (non-hydrogen) atoms. The molecule has 3 aliphatic carbocycles. The molecule has 0 radical (unpaired) electrons. The summed E-state index contributed by atoms with van der Waals surface area (Å²) in [6.45, 7) is 4.73. The molecule has 2 aromatic heterocycles. The smallest absolute Gasteiger partial charge is 0.0789 e. The third-order valence-electron chi connectivity index (χ3n) is 14.6. The molecular formula is C59H38N2. The maximum atomic E-state index is 5.54. The van der Waals surface area contributed by atoms with Gasteiger partial charge in [-0.05, 0) is 103 Å². The second-order valence-electron chi connectivity index (χ2n) is 17.8. The first-order chi connectivity index (χ1) is 30.0. The lowest BCUT2D eigenvalue weighted by Gasteiger charge is -2.30. The normalized spacial score (nSPS) is 14.7. The van der Waals surface area contributed by atoms with Crippen LogP contribution in [-0.4, -0.2) is 9.55 Å². The fraction of sp³-hybridized carbons (Fsp3) is 0.0678. The van der Waals surface area contributed by atoms with Crippen molar-refractivity contribution in [3.63, 3.8) is 0 Å². The highest BCUT2D eigenvalue weighted by Crippen LogP contribution is 2.64. The van der Waals surface area contributed by atoms with Crippen molar-refractivity contribution in [1.82, 2.24) is 9.55 Å². The molecule has 11 aromatic rings. The van der Waals surface area contributed by atoms with E-state index in [0.717, 1.165) is 22.5 Å². The number of benzene rings is 9. The number of para-hydroxylation sites is 2. The van der Waals surface area contributed by atoms with Crippen molar-refractivity contribution in [2.24, 2.45) is 0 Å². The van der Waals surface area contributed by atoms with Crippen LogP contribution in [0.5, 0.6) is 0 Å². The predicted molar refractivity (Wildman–Crippen MR) is 253 cm³/mol. The molecule has 3 aliphatic rings. The Morgan fingerprint density at radius 3 is 1.75 bits per heavy atom. The molecule has 0 unspecified atom stereocenters. The lowest BCUT2D eigenvalue weighted by Crippen LogP contribution is -2.25. The molecule has 0 fully saturated rings. The van der Waals surface area contributed by atoms with Gasteiger partial charge < -0.3 is 4.57 Å². The molecular weight excluding hydrogens is 737 g/mol. The number of fused-ring (bicyclic) bond motifs is 20. The zero-order chi connectivity index (χ0) is 40.2. The van der Waals surface area contributed by atoms with E-state index in [9.17, 15) is 0 Å². The van der Waals surface area contributed by atoms with Crippen LogP contribution in [0.2, 0.25) is 0 Å². The van der Waals surface area contributed by atoms with E-state index in [4.69, 9.17) is 4.98 Å². The second kappa shape index (κ2) is 11.6. The van der Waals surface area contributed by atoms with Crippen LogP contribution in [0.1, 0.15) is 47.2 Å². The standard InChI is InChI=1S/C59H38N2/c1-58(2)46-24-9-3-20-39(46)44-34-54-45(33-51(44)58)40-21-8-14-29-53(40)61(54)36-17-15-16-35(32-36)57-43-30-31-50-56(55(43)42-23-7-13-28-52(42)60-57)41-22-6-12-27-49(41)59(50)47-25-10-4-18-37(47)38-19-5-11-26-48(38)59/h3-34H,1-2H3. The average Bonchev–Trinajstić information content (AvgIpc) is 3.98. The van der Waals surface area contributed by atoms with Gasteiger partial charge in [-0.3, -0.25) is 0 Å². The van der Waals surface area contributed by atoms with Gasteiger partial charge in [-0.1, -0.05) is 172 Å². The molecule has 2 nitrogen and oxygen atoms in total. The summed E-state index contributed by atoms with van der Waals surface area (Å²) in [6.07, 6.45) is 0. The number of nitrogens with zero attached hydrogens (tertiary/aromatic N) is 2. The number of hydrogen-bond donors (Lipinski definition) is 0. The van der Waals surface area contributed by atoms with Gasteiger partial charge in [0, 0.05) is 43.6 Å². The highest BCUT2D eigenvalue weighted by atomic mass is 15.0. The fourth-order valence-electron chi connectivity index (χ4n) is 12.1. The van der Waals surface area contributed by atoms with E-state index in [-0.39, 0.29) is 5.41 Å². The van der Waals surface area contributed by atoms with E-state index in [0.29, 0.717) is 0 Å². The predicted octanol–water partition coefficient (Wildman–Crippen LogP) is 14.8. The van der Waals surface area contributed by atoms with E-state index in [1.807, 2.05) is 0 Å². The molecule has 284 valence electrons. The van der Waals surface area contributed by atoms with Crippen molar-refractivity contribution < 1.29 is 0 Å². The molecule has 1 spiro atoms. The zero-order valence-corrected chi connectivity index (χ0v) is 33.9. The monoisotopic (exact) mass is 774 g/mol. The summed E-state index contributed by atoms with van der Waals surface area (Å²) in [5.74, 6) is 0. The van der Waals surface area contributed by atoms with Gasteiger partial charge in [0.05, 0.1) is 27.7 Å². The van der Waals surface area contributed by atoms with Crippen LogP contribution in [0.15, 0.2) is 194 Å². The molecule has 0 bridgehead atoms. The molecule has 0 N–H and O–H groups in total. The molecule has 0 saturated carbocycles. The van der Waals surface area contributed by atoms with Crippen molar-refractivity contribution >= 4 is 43.5 Å². The Morgan fingerprint density at radius 1 is 0.393 bits per heavy atom. The van der Waals surface area contributed by atoms with Crippen LogP contribution in [0, 0.1) is 0 Å². The Bertz CT molecular complexity index is 3700. The third kappa shape index (κ3) is 4.05. The van der Waals surface area contributed by atoms with Gasteiger partial charge in [-0.2, -0.15) is 0 Å². The highest BCUT2D eigenvalue weighted by molar-refractivity contribution is 6.20. The Morgan fingerprint density at radius 2 is 1.00 bits per heavy atom. The minimum Gasteiger partial charge on any atom is -0.309 e. The van der Waals surface area contributed by atoms with Crippen LogP contribution in [0.4, 0.5) is 0 Å². The summed E-state index contributed by atoms with van der Waals surface area (Å²) in [4.78, 5) is 5.54. The van der Waals surface area contributed by atoms with E-state index in [2.05, 4.69) is 213 Å². The van der Waals surface area contributed by atoms with Crippen molar-refractivity contribution in [3.8, 4) is 50.3 Å². The highest BCUT2D eigenvalue weighted by Gasteiger charge is 2.52. The van der Waals surface area contributed by atoms with Crippen LogP contribution in [0.25, 0.3) is 93.8 Å². The number of pyridine rings is 1. The van der Waals surface area contributed by atoms with Crippen LogP contribution in [-0.2, 0) is 10.8 Å². The average molecular weight is 775 g/mol. The molecule has 0 amide bonds. The third-order valence-corrected chi connectivity index (χ3v) is 14.6. The summed E-state index contributed by atoms with van der Waals surface area (Å²) in [5, 5.41) is 6.17. The number of aromatic nitrogens is 2. The summed E-state index contributed by atoms with van der Waals surface area (Å²) < 4.78 is 2.47. The van der Waals surface area contributed by atoms with Crippen molar-refractivity contribution in [1.29, 1.82) is 0 Å². The van der Waals surface area contributed by atoms with Gasteiger partial charge in [-0.25, -0.2) is 4.98 Å². The van der Waals surface area contributed by atoms with E-state index in [1.165, 1.54) is 105 Å². The minimum absolute atomic E-state index is 0.0725. The first-order valence-electron chi connectivity index (χ1n) is 21.5. The topological polar surface area (TPSA) is 17.8 Å². The van der Waals surface area contributed by atoms with Crippen molar-refractivity contribution in [3.05, 3.63) is 228 Å². The van der Waals surface area contributed by atoms with E-state index < -0.39 is 5.41 Å². The number of hydrogen-bond acceptors (Lipinski definition) is 1. The molecule has 14 rings (SSSR count). The van der Waals surface area contributed by atoms with Crippen molar-refractivity contribution in [2.45, 2.75) is 24.7 Å². The number of rotatable bonds is 2. The summed E-state index contributed by atoms with van der Waals surface area (Å²) in [6, 6.07) is 72.6. The minimum atomic E-state index is -0.413. The molecule has 2 heterocycles. The SMILES string of the molecule is CC1(C)c2ccccc2-c2cc3c(cc21)c1ccccc1n3-c1cccc(-c2nc3ccccc3c3c4c(ccc23)C2(c3ccccc3-c3ccccc32)c2ccccc2-4)c1. The van der Waals surface area contributed by atoms with Crippen molar-refractivity contribution in [2.75, 3.05) is 0 Å². The van der Waals surface area contributed by atoms with Gasteiger partial charge in [0.15, 0.2) is 0 Å². The lowest BCUT2D eigenvalue weighted by molar-refractivity contribution is 0.661. The maximum absolute atomic E-state index is 5.54. The maximum Gasteiger partial charge on any atom is 0.0789 e. The summed E-state index contributed by atoms with van der Waals surface area (Å²) in [5.41, 5.74) is 22.3. The molecule has 0 saturated heterocycles. The first kappa shape index (κ1) is 33.3. The van der Waals surface area contributed by atoms with Crippen LogP contribution < -0.4 is 0 Å². The largest absolute Gasteiger partial charge is 0.309 e. The first-order valence-corrected chi connectivity index (χ1v) is 21.5. The Kier molecular flexibility index (Phi) is 6.33. The quantitative estimate of drug-likeness (QED) is 0.160. The van der Waals surface area contributed by atoms with E-state index in [1.54, 1.807) is 0 Å². The molecule has 0 atom stereocenters. The Balaban J connectivity index is 1.04. The Labute approximate surface area is 354 Å². The van der Waals surface area contributed by atoms with Gasteiger partial charge >= 0.3 is 0 Å². The molecule has 0 aliphatic heterocycles. The zero-order valence-electron chi connectivity index (χ0n) is 33.9. The van der Waals surface area contributed by atoms with Gasteiger partial charge in [0.2, 0.25) is 0 Å². The van der Waals surface area contributed by atoms with Crippen LogP contribution in [0.3, 0.4) is 0 Å².